The van der Waals surface area contributed by atoms with E-state index in [1.165, 1.54) is 0 Å². The Morgan fingerprint density at radius 3 is 2.37 bits per heavy atom. The van der Waals surface area contributed by atoms with Gasteiger partial charge in [0.1, 0.15) is 11.9 Å². The van der Waals surface area contributed by atoms with Crippen molar-refractivity contribution in [2.45, 2.75) is 13.0 Å². The van der Waals surface area contributed by atoms with E-state index in [1.807, 2.05) is 48.5 Å². The Labute approximate surface area is 181 Å². The smallest absolute Gasteiger partial charge is 0.251 e. The first-order chi connectivity index (χ1) is 14.5. The van der Waals surface area contributed by atoms with Gasteiger partial charge in [0.2, 0.25) is 5.91 Å². The van der Waals surface area contributed by atoms with Crippen LogP contribution in [0.3, 0.4) is 0 Å². The van der Waals surface area contributed by atoms with Gasteiger partial charge in [0, 0.05) is 21.3 Å². The van der Waals surface area contributed by atoms with Crippen LogP contribution < -0.4 is 10.6 Å². The Morgan fingerprint density at radius 1 is 0.967 bits per heavy atom. The summed E-state index contributed by atoms with van der Waals surface area (Å²) in [6.45, 7) is 1.65. The average molecular weight is 463 g/mol. The van der Waals surface area contributed by atoms with Gasteiger partial charge in [-0.25, -0.2) is 4.98 Å². The van der Waals surface area contributed by atoms with Gasteiger partial charge >= 0.3 is 0 Å². The lowest BCUT2D eigenvalue weighted by molar-refractivity contribution is -0.117. The highest BCUT2D eigenvalue weighted by molar-refractivity contribution is 9.10. The van der Waals surface area contributed by atoms with Crippen LogP contribution in [0.15, 0.2) is 77.3 Å². The molecule has 0 saturated carbocycles. The van der Waals surface area contributed by atoms with Crippen LogP contribution in [0.1, 0.15) is 17.3 Å². The molecule has 0 bridgehead atoms. The highest BCUT2D eigenvalue weighted by Crippen LogP contribution is 2.22. The maximum atomic E-state index is 12.5. The minimum Gasteiger partial charge on any atom is -0.341 e. The number of aromatic nitrogens is 2. The number of benzene rings is 3. The molecule has 1 aromatic heterocycles. The summed E-state index contributed by atoms with van der Waals surface area (Å²) in [4.78, 5) is 32.6. The molecular formula is C23H19BrN4O2. The van der Waals surface area contributed by atoms with Crippen molar-refractivity contribution in [3.8, 4) is 11.4 Å². The van der Waals surface area contributed by atoms with E-state index in [4.69, 9.17) is 0 Å². The zero-order valence-corrected chi connectivity index (χ0v) is 17.7. The van der Waals surface area contributed by atoms with Gasteiger partial charge in [0.15, 0.2) is 0 Å². The number of carbonyl (C=O) groups excluding carboxylic acids is 2. The zero-order valence-electron chi connectivity index (χ0n) is 16.1. The third kappa shape index (κ3) is 4.41. The first-order valence-corrected chi connectivity index (χ1v) is 10.2. The summed E-state index contributed by atoms with van der Waals surface area (Å²) in [6, 6.07) is 21.5. The number of para-hydroxylation sites is 2. The molecule has 3 N–H and O–H groups in total. The number of rotatable bonds is 5. The lowest BCUT2D eigenvalue weighted by Gasteiger charge is -2.14. The molecule has 0 saturated heterocycles. The van der Waals surface area contributed by atoms with Crippen LogP contribution >= 0.6 is 15.9 Å². The molecule has 6 nitrogen and oxygen atoms in total. The van der Waals surface area contributed by atoms with Crippen molar-refractivity contribution in [3.63, 3.8) is 0 Å². The van der Waals surface area contributed by atoms with Crippen molar-refractivity contribution < 1.29 is 9.59 Å². The van der Waals surface area contributed by atoms with Crippen LogP contribution in [0.5, 0.6) is 0 Å². The van der Waals surface area contributed by atoms with Gasteiger partial charge in [-0.1, -0.05) is 28.1 Å². The molecule has 3 aromatic carbocycles. The first kappa shape index (κ1) is 19.8. The minimum absolute atomic E-state index is 0.294. The molecule has 0 radical (unpaired) electrons. The monoisotopic (exact) mass is 462 g/mol. The Hall–Kier alpha value is -3.45. The van der Waals surface area contributed by atoms with E-state index < -0.39 is 6.04 Å². The van der Waals surface area contributed by atoms with Crippen LogP contribution in [0.25, 0.3) is 22.4 Å². The Morgan fingerprint density at radius 2 is 1.67 bits per heavy atom. The first-order valence-electron chi connectivity index (χ1n) is 9.42. The number of hydrogen-bond acceptors (Lipinski definition) is 3. The van der Waals surface area contributed by atoms with E-state index in [0.717, 1.165) is 26.9 Å². The number of H-pyrrole nitrogens is 1. The SMILES string of the molecule is CC(NC(=O)c1ccc(Br)cc1)C(=O)Nc1ccc(-c2nc3ccccc3[nH]2)cc1. The molecule has 0 aliphatic carbocycles. The number of anilines is 1. The van der Waals surface area contributed by atoms with Crippen LogP contribution in [0.2, 0.25) is 0 Å². The van der Waals surface area contributed by atoms with Crippen molar-refractivity contribution in [1.29, 1.82) is 0 Å². The molecule has 30 heavy (non-hydrogen) atoms. The van der Waals surface area contributed by atoms with Crippen molar-refractivity contribution in [1.82, 2.24) is 15.3 Å². The van der Waals surface area contributed by atoms with E-state index in [1.54, 1.807) is 31.2 Å². The van der Waals surface area contributed by atoms with E-state index in [2.05, 4.69) is 36.5 Å². The Balaban J connectivity index is 1.39. The fourth-order valence-electron chi connectivity index (χ4n) is 3.00. The number of imidazole rings is 1. The molecule has 0 spiro atoms. The number of hydrogen-bond donors (Lipinski definition) is 3. The Bertz CT molecular complexity index is 1170. The molecule has 1 atom stereocenters. The van der Waals surface area contributed by atoms with E-state index in [-0.39, 0.29) is 11.8 Å². The summed E-state index contributed by atoms with van der Waals surface area (Å²) in [7, 11) is 0. The van der Waals surface area contributed by atoms with Crippen molar-refractivity contribution in [2.24, 2.45) is 0 Å². The summed E-state index contributed by atoms with van der Waals surface area (Å²) in [5, 5.41) is 5.53. The maximum Gasteiger partial charge on any atom is 0.251 e. The van der Waals surface area contributed by atoms with Crippen LogP contribution in [0.4, 0.5) is 5.69 Å². The summed E-state index contributed by atoms with van der Waals surface area (Å²) in [5.74, 6) is 0.173. The van der Waals surface area contributed by atoms with Crippen LogP contribution in [-0.2, 0) is 4.79 Å². The molecule has 0 fully saturated rings. The fourth-order valence-corrected chi connectivity index (χ4v) is 3.26. The number of nitrogens with zero attached hydrogens (tertiary/aromatic N) is 1. The predicted octanol–water partition coefficient (Wildman–Crippen LogP) is 4.75. The van der Waals surface area contributed by atoms with Crippen LogP contribution in [-0.4, -0.2) is 27.8 Å². The lowest BCUT2D eigenvalue weighted by atomic mass is 10.2. The van der Waals surface area contributed by atoms with E-state index >= 15 is 0 Å². The van der Waals surface area contributed by atoms with Gasteiger partial charge in [-0.15, -0.1) is 0 Å². The van der Waals surface area contributed by atoms with E-state index in [0.29, 0.717) is 11.3 Å². The van der Waals surface area contributed by atoms with E-state index in [9.17, 15) is 9.59 Å². The number of carbonyl (C=O) groups is 2. The van der Waals surface area contributed by atoms with Crippen molar-refractivity contribution in [2.75, 3.05) is 5.32 Å². The fraction of sp³-hybridized carbons (Fsp3) is 0.0870. The van der Waals surface area contributed by atoms with Crippen LogP contribution in [0, 0.1) is 0 Å². The number of halogens is 1. The van der Waals surface area contributed by atoms with Gasteiger partial charge in [-0.05, 0) is 67.6 Å². The molecule has 1 unspecified atom stereocenters. The quantitative estimate of drug-likeness (QED) is 0.399. The molecule has 2 amide bonds. The van der Waals surface area contributed by atoms with Gasteiger partial charge < -0.3 is 15.6 Å². The standard InChI is InChI=1S/C23H19BrN4O2/c1-14(25-23(30)16-6-10-17(24)11-7-16)22(29)26-18-12-8-15(9-13-18)21-27-19-4-2-3-5-20(19)28-21/h2-14H,1H3,(H,25,30)(H,26,29)(H,27,28). The number of nitrogens with one attached hydrogen (secondary N) is 3. The molecule has 7 heteroatoms. The zero-order chi connectivity index (χ0) is 21.1. The number of fused-ring (bicyclic) bond motifs is 1. The normalized spacial score (nSPS) is 11.8. The topological polar surface area (TPSA) is 86.9 Å². The third-order valence-electron chi connectivity index (χ3n) is 4.66. The molecule has 4 aromatic rings. The second-order valence-electron chi connectivity index (χ2n) is 6.87. The maximum absolute atomic E-state index is 12.5. The predicted molar refractivity (Wildman–Crippen MR) is 121 cm³/mol. The number of amides is 2. The second-order valence-corrected chi connectivity index (χ2v) is 7.79. The summed E-state index contributed by atoms with van der Waals surface area (Å²) in [5.41, 5.74) is 3.93. The summed E-state index contributed by atoms with van der Waals surface area (Å²) < 4.78 is 0.885. The van der Waals surface area contributed by atoms with Gasteiger partial charge in [-0.3, -0.25) is 9.59 Å². The summed E-state index contributed by atoms with van der Waals surface area (Å²) >= 11 is 3.33. The highest BCUT2D eigenvalue weighted by Gasteiger charge is 2.17. The van der Waals surface area contributed by atoms with Gasteiger partial charge in [0.25, 0.3) is 5.91 Å². The molecule has 4 rings (SSSR count). The molecule has 0 aliphatic rings. The molecule has 0 aliphatic heterocycles. The van der Waals surface area contributed by atoms with Crippen molar-refractivity contribution in [3.05, 3.63) is 82.8 Å². The second kappa shape index (κ2) is 8.51. The molecule has 1 heterocycles. The number of aromatic amines is 1. The van der Waals surface area contributed by atoms with Gasteiger partial charge in [0.05, 0.1) is 11.0 Å². The van der Waals surface area contributed by atoms with Crippen molar-refractivity contribution >= 4 is 44.5 Å². The molecule has 150 valence electrons. The Kier molecular flexibility index (Phi) is 5.63. The van der Waals surface area contributed by atoms with Gasteiger partial charge in [-0.2, -0.15) is 0 Å². The average Bonchev–Trinajstić information content (AvgIpc) is 3.19. The lowest BCUT2D eigenvalue weighted by Crippen LogP contribution is -2.41. The molecular weight excluding hydrogens is 444 g/mol. The highest BCUT2D eigenvalue weighted by atomic mass is 79.9. The third-order valence-corrected chi connectivity index (χ3v) is 5.19. The largest absolute Gasteiger partial charge is 0.341 e. The summed E-state index contributed by atoms with van der Waals surface area (Å²) in [6.07, 6.45) is 0. The minimum atomic E-state index is -0.684.